The van der Waals surface area contributed by atoms with E-state index in [1.54, 1.807) is 16.7 Å². The molecular weight excluding hydrogens is 244 g/mol. The Kier molecular flexibility index (Phi) is 2.52. The number of nitrogens with one attached hydrogen (secondary N) is 1. The number of carboxylic acids is 1. The van der Waals surface area contributed by atoms with Gasteiger partial charge in [-0.3, -0.25) is 4.57 Å². The van der Waals surface area contributed by atoms with Crippen LogP contribution in [0.3, 0.4) is 0 Å². The van der Waals surface area contributed by atoms with Gasteiger partial charge in [-0.05, 0) is 43.9 Å². The van der Waals surface area contributed by atoms with Gasteiger partial charge in [-0.25, -0.2) is 9.59 Å². The topological polar surface area (TPSA) is 75.1 Å². The Balaban J connectivity index is 2.28. The highest BCUT2D eigenvalue weighted by Gasteiger charge is 2.39. The number of imidazole rings is 1. The molecule has 2 aromatic rings. The molecule has 3 rings (SSSR count). The van der Waals surface area contributed by atoms with Crippen LogP contribution in [0.2, 0.25) is 0 Å². The van der Waals surface area contributed by atoms with E-state index in [0.29, 0.717) is 11.0 Å². The molecule has 2 N–H and O–H groups in total. The molecule has 1 aliphatic carbocycles. The van der Waals surface area contributed by atoms with Crippen molar-refractivity contribution in [3.8, 4) is 0 Å². The predicted molar refractivity (Wildman–Crippen MR) is 71.6 cm³/mol. The number of carboxylic acid groups (broad SMARTS) is 1. The van der Waals surface area contributed by atoms with Crippen LogP contribution in [0, 0.1) is 0 Å². The SMILES string of the molecule is CCC1(n2c(=O)[nH]c3ccc(C(=O)O)cc32)CCC1. The number of fused-ring (bicyclic) bond motifs is 1. The van der Waals surface area contributed by atoms with Gasteiger partial charge in [0.2, 0.25) is 0 Å². The fourth-order valence-electron chi connectivity index (χ4n) is 3.03. The van der Waals surface area contributed by atoms with Crippen molar-refractivity contribution in [2.75, 3.05) is 0 Å². The quantitative estimate of drug-likeness (QED) is 0.889. The molecule has 0 unspecified atom stereocenters. The lowest BCUT2D eigenvalue weighted by Crippen LogP contribution is -2.45. The molecule has 1 saturated carbocycles. The van der Waals surface area contributed by atoms with Gasteiger partial charge in [0.15, 0.2) is 0 Å². The van der Waals surface area contributed by atoms with Crippen LogP contribution in [-0.2, 0) is 5.54 Å². The number of nitrogens with zero attached hydrogens (tertiary/aromatic N) is 1. The van der Waals surface area contributed by atoms with Crippen molar-refractivity contribution in [1.82, 2.24) is 9.55 Å². The first-order chi connectivity index (χ1) is 9.07. The maximum Gasteiger partial charge on any atom is 0.335 e. The van der Waals surface area contributed by atoms with Crippen LogP contribution in [0.5, 0.6) is 0 Å². The van der Waals surface area contributed by atoms with E-state index in [-0.39, 0.29) is 16.8 Å². The Morgan fingerprint density at radius 3 is 2.74 bits per heavy atom. The zero-order chi connectivity index (χ0) is 13.6. The molecule has 0 amide bonds. The number of hydrogen-bond donors (Lipinski definition) is 2. The lowest BCUT2D eigenvalue weighted by Gasteiger charge is -2.42. The van der Waals surface area contributed by atoms with Gasteiger partial charge in [-0.2, -0.15) is 0 Å². The molecule has 0 atom stereocenters. The Labute approximate surface area is 109 Å². The standard InChI is InChI=1S/C14H16N2O3/c1-2-14(6-3-7-14)16-11-8-9(12(17)18)4-5-10(11)15-13(16)19/h4-5,8H,2-3,6-7H2,1H3,(H,15,19)(H,17,18). The molecule has 19 heavy (non-hydrogen) atoms. The molecule has 5 nitrogen and oxygen atoms in total. The van der Waals surface area contributed by atoms with E-state index >= 15 is 0 Å². The van der Waals surface area contributed by atoms with Gasteiger partial charge in [0, 0.05) is 5.54 Å². The minimum atomic E-state index is -0.971. The second-order valence-corrected chi connectivity index (χ2v) is 5.23. The predicted octanol–water partition coefficient (Wildman–Crippen LogP) is 2.32. The molecule has 5 heteroatoms. The van der Waals surface area contributed by atoms with E-state index in [1.807, 2.05) is 0 Å². The molecule has 100 valence electrons. The van der Waals surface area contributed by atoms with E-state index in [0.717, 1.165) is 25.7 Å². The van der Waals surface area contributed by atoms with Crippen LogP contribution in [0.15, 0.2) is 23.0 Å². The highest BCUT2D eigenvalue weighted by Crippen LogP contribution is 2.42. The Hall–Kier alpha value is -2.04. The highest BCUT2D eigenvalue weighted by atomic mass is 16.4. The van der Waals surface area contributed by atoms with E-state index in [1.165, 1.54) is 6.07 Å². The average molecular weight is 260 g/mol. The second-order valence-electron chi connectivity index (χ2n) is 5.23. The molecule has 1 aromatic carbocycles. The molecule has 0 saturated heterocycles. The van der Waals surface area contributed by atoms with E-state index < -0.39 is 5.97 Å². The third kappa shape index (κ3) is 1.61. The van der Waals surface area contributed by atoms with Crippen molar-refractivity contribution in [2.45, 2.75) is 38.1 Å². The molecule has 0 aliphatic heterocycles. The van der Waals surface area contributed by atoms with Crippen LogP contribution >= 0.6 is 0 Å². The number of rotatable bonds is 3. The third-order valence-electron chi connectivity index (χ3n) is 4.35. The van der Waals surface area contributed by atoms with Crippen molar-refractivity contribution in [2.24, 2.45) is 0 Å². The summed E-state index contributed by atoms with van der Waals surface area (Å²) in [6.07, 6.45) is 3.96. The summed E-state index contributed by atoms with van der Waals surface area (Å²) in [6.45, 7) is 2.07. The van der Waals surface area contributed by atoms with Crippen molar-refractivity contribution < 1.29 is 9.90 Å². The number of aromatic amines is 1. The summed E-state index contributed by atoms with van der Waals surface area (Å²) in [5.74, 6) is -0.971. The minimum absolute atomic E-state index is 0.132. The number of H-pyrrole nitrogens is 1. The Morgan fingerprint density at radius 1 is 1.47 bits per heavy atom. The largest absolute Gasteiger partial charge is 0.478 e. The van der Waals surface area contributed by atoms with E-state index in [4.69, 9.17) is 5.11 Å². The Bertz CT molecular complexity index is 702. The van der Waals surface area contributed by atoms with Gasteiger partial charge in [0.05, 0.1) is 16.6 Å². The van der Waals surface area contributed by atoms with Gasteiger partial charge in [-0.1, -0.05) is 6.92 Å². The summed E-state index contributed by atoms with van der Waals surface area (Å²) in [4.78, 5) is 26.1. The van der Waals surface area contributed by atoms with Gasteiger partial charge < -0.3 is 10.1 Å². The number of benzene rings is 1. The number of aromatic nitrogens is 2. The van der Waals surface area contributed by atoms with Crippen LogP contribution in [0.4, 0.5) is 0 Å². The fourth-order valence-corrected chi connectivity index (χ4v) is 3.03. The van der Waals surface area contributed by atoms with Crippen LogP contribution in [0.1, 0.15) is 43.0 Å². The molecule has 1 aromatic heterocycles. The Morgan fingerprint density at radius 2 is 2.21 bits per heavy atom. The normalized spacial score (nSPS) is 17.3. The number of hydrogen-bond acceptors (Lipinski definition) is 2. The van der Waals surface area contributed by atoms with Crippen molar-refractivity contribution >= 4 is 17.0 Å². The van der Waals surface area contributed by atoms with Gasteiger partial charge in [0.25, 0.3) is 0 Å². The third-order valence-corrected chi connectivity index (χ3v) is 4.35. The summed E-state index contributed by atoms with van der Waals surface area (Å²) in [7, 11) is 0. The van der Waals surface area contributed by atoms with E-state index in [2.05, 4.69) is 11.9 Å². The first kappa shape index (κ1) is 12.0. The van der Waals surface area contributed by atoms with Gasteiger partial charge >= 0.3 is 11.7 Å². The molecule has 1 fully saturated rings. The molecule has 1 heterocycles. The second kappa shape index (κ2) is 3.98. The first-order valence-corrected chi connectivity index (χ1v) is 6.56. The summed E-state index contributed by atoms with van der Waals surface area (Å²) >= 11 is 0. The van der Waals surface area contributed by atoms with Crippen molar-refractivity contribution in [3.63, 3.8) is 0 Å². The van der Waals surface area contributed by atoms with Crippen molar-refractivity contribution in [3.05, 3.63) is 34.2 Å². The molecule has 0 bridgehead atoms. The van der Waals surface area contributed by atoms with Crippen LogP contribution in [-0.4, -0.2) is 20.6 Å². The van der Waals surface area contributed by atoms with E-state index in [9.17, 15) is 9.59 Å². The molecule has 0 spiro atoms. The number of carbonyl (C=O) groups is 1. The number of aromatic carboxylic acids is 1. The first-order valence-electron chi connectivity index (χ1n) is 6.56. The fraction of sp³-hybridized carbons (Fsp3) is 0.429. The monoisotopic (exact) mass is 260 g/mol. The van der Waals surface area contributed by atoms with Crippen LogP contribution < -0.4 is 5.69 Å². The smallest absolute Gasteiger partial charge is 0.335 e. The lowest BCUT2D eigenvalue weighted by atomic mass is 9.74. The van der Waals surface area contributed by atoms with Gasteiger partial charge in [0.1, 0.15) is 0 Å². The summed E-state index contributed by atoms with van der Waals surface area (Å²) < 4.78 is 1.76. The van der Waals surface area contributed by atoms with Gasteiger partial charge in [-0.15, -0.1) is 0 Å². The lowest BCUT2D eigenvalue weighted by molar-refractivity contribution is 0.0697. The molecule has 1 aliphatic rings. The maximum absolute atomic E-state index is 12.2. The highest BCUT2D eigenvalue weighted by molar-refractivity contribution is 5.92. The zero-order valence-electron chi connectivity index (χ0n) is 10.8. The summed E-state index contributed by atoms with van der Waals surface area (Å²) in [5.41, 5.74) is 1.35. The maximum atomic E-state index is 12.2. The van der Waals surface area contributed by atoms with Crippen molar-refractivity contribution in [1.29, 1.82) is 0 Å². The summed E-state index contributed by atoms with van der Waals surface area (Å²) in [6, 6.07) is 4.77. The molecular formula is C14H16N2O3. The van der Waals surface area contributed by atoms with Crippen LogP contribution in [0.25, 0.3) is 11.0 Å². The minimum Gasteiger partial charge on any atom is -0.478 e. The molecule has 0 radical (unpaired) electrons. The average Bonchev–Trinajstić information content (AvgIpc) is 2.65. The zero-order valence-corrected chi connectivity index (χ0v) is 10.8. The summed E-state index contributed by atoms with van der Waals surface area (Å²) in [5, 5.41) is 9.08.